The Labute approximate surface area is 162 Å². The summed E-state index contributed by atoms with van der Waals surface area (Å²) in [7, 11) is 0. The SMILES string of the molecule is C.C.C.C.C.C.C.C.C.C.CCN=NCN=NCN=NCN=NCC. The van der Waals surface area contributed by atoms with Gasteiger partial charge in [-0.1, -0.05) is 74.3 Å². The number of hydrogen-bond acceptors (Lipinski definition) is 8. The van der Waals surface area contributed by atoms with E-state index in [1.807, 2.05) is 13.8 Å². The van der Waals surface area contributed by atoms with Crippen molar-refractivity contribution in [3.8, 4) is 0 Å². The predicted octanol–water partition coefficient (Wildman–Crippen LogP) is 9.07. The van der Waals surface area contributed by atoms with Gasteiger partial charge in [0.05, 0.1) is 13.1 Å². The molecule has 0 aromatic rings. The van der Waals surface area contributed by atoms with Gasteiger partial charge in [0.1, 0.15) is 0 Å². The summed E-state index contributed by atoms with van der Waals surface area (Å²) >= 11 is 0. The predicted molar refractivity (Wildman–Crippen MR) is 122 cm³/mol. The molecule has 25 heavy (non-hydrogen) atoms. The molecule has 0 saturated heterocycles. The van der Waals surface area contributed by atoms with E-state index in [2.05, 4.69) is 40.9 Å². The zero-order chi connectivity index (χ0) is 11.2. The Balaban J connectivity index is -0.0000000218. The van der Waals surface area contributed by atoms with Crippen LogP contribution in [0.2, 0.25) is 0 Å². The first-order valence-corrected chi connectivity index (χ1v) is 4.74. The zero-order valence-corrected chi connectivity index (χ0v) is 9.11. The third kappa shape index (κ3) is 86.2. The molecule has 0 N–H and O–H groups in total. The Morgan fingerprint density at radius 1 is 0.320 bits per heavy atom. The first-order valence-electron chi connectivity index (χ1n) is 4.74. The summed E-state index contributed by atoms with van der Waals surface area (Å²) in [5.41, 5.74) is 0. The second kappa shape index (κ2) is 78.9. The molecule has 0 aromatic heterocycles. The maximum Gasteiger partial charge on any atom is 0.170 e. The molecule has 0 saturated carbocycles. The van der Waals surface area contributed by atoms with Gasteiger partial charge < -0.3 is 0 Å². The maximum atomic E-state index is 3.73. The second-order valence-electron chi connectivity index (χ2n) is 2.19. The number of nitrogens with zero attached hydrogens (tertiary/aromatic N) is 8. The summed E-state index contributed by atoms with van der Waals surface area (Å²) in [5, 5.41) is 29.7. The van der Waals surface area contributed by atoms with Crippen LogP contribution in [0.5, 0.6) is 0 Å². The van der Waals surface area contributed by atoms with Gasteiger partial charge in [0.2, 0.25) is 0 Å². The molecule has 0 bridgehead atoms. The maximum absolute atomic E-state index is 3.73. The van der Waals surface area contributed by atoms with E-state index in [4.69, 9.17) is 0 Å². The highest BCUT2D eigenvalue weighted by atomic mass is 15.3. The van der Waals surface area contributed by atoms with Crippen LogP contribution in [0.3, 0.4) is 0 Å². The van der Waals surface area contributed by atoms with Crippen molar-refractivity contribution < 1.29 is 0 Å². The van der Waals surface area contributed by atoms with Crippen LogP contribution in [-0.4, -0.2) is 33.1 Å². The van der Waals surface area contributed by atoms with Crippen molar-refractivity contribution in [2.45, 2.75) is 88.1 Å². The average Bonchev–Trinajstić information content (AvgIpc) is 2.26. The smallest absolute Gasteiger partial charge is 0.170 e. The van der Waals surface area contributed by atoms with Gasteiger partial charge in [-0.05, 0) is 13.8 Å². The van der Waals surface area contributed by atoms with Gasteiger partial charge in [-0.3, -0.25) is 0 Å². The van der Waals surface area contributed by atoms with Crippen LogP contribution in [0, 0.1) is 0 Å². The fourth-order valence-electron chi connectivity index (χ4n) is 0.553. The van der Waals surface area contributed by atoms with E-state index in [0.717, 1.165) is 0 Å². The largest absolute Gasteiger partial charge is 0.193 e. The van der Waals surface area contributed by atoms with Crippen molar-refractivity contribution in [2.75, 3.05) is 33.1 Å². The van der Waals surface area contributed by atoms with E-state index < -0.39 is 0 Å². The van der Waals surface area contributed by atoms with Gasteiger partial charge in [0.25, 0.3) is 0 Å². The molecular formula is C17H56N8. The molecule has 0 aliphatic rings. The van der Waals surface area contributed by atoms with Crippen LogP contribution in [0.15, 0.2) is 40.9 Å². The molecule has 0 rings (SSSR count). The Kier molecular flexibility index (Phi) is 241. The lowest BCUT2D eigenvalue weighted by Crippen LogP contribution is -1.76. The molecule has 8 heteroatoms. The Bertz CT molecular complexity index is 215. The second-order valence-corrected chi connectivity index (χ2v) is 2.19. The number of azo groups is 4. The van der Waals surface area contributed by atoms with Gasteiger partial charge in [-0.15, -0.1) is 0 Å². The monoisotopic (exact) mass is 372 g/mol. The minimum absolute atomic E-state index is 0. The van der Waals surface area contributed by atoms with E-state index in [0.29, 0.717) is 13.1 Å². The van der Waals surface area contributed by atoms with Gasteiger partial charge in [0, 0.05) is 0 Å². The van der Waals surface area contributed by atoms with Crippen molar-refractivity contribution in [3.63, 3.8) is 0 Å². The summed E-state index contributed by atoms with van der Waals surface area (Å²) < 4.78 is 0. The van der Waals surface area contributed by atoms with E-state index in [1.165, 1.54) is 0 Å². The van der Waals surface area contributed by atoms with Gasteiger partial charge in [-0.25, -0.2) is 0 Å². The van der Waals surface area contributed by atoms with Gasteiger partial charge >= 0.3 is 0 Å². The molecule has 164 valence electrons. The Morgan fingerprint density at radius 2 is 0.480 bits per heavy atom. The lowest BCUT2D eigenvalue weighted by atomic mass is 10.8. The third-order valence-corrected chi connectivity index (χ3v) is 1.06. The molecule has 0 aromatic carbocycles. The number of hydrogen-bond donors (Lipinski definition) is 0. The van der Waals surface area contributed by atoms with Crippen LogP contribution in [0.25, 0.3) is 0 Å². The summed E-state index contributed by atoms with van der Waals surface area (Å²) in [6.45, 7) is 5.83. The first-order chi connectivity index (χ1) is 7.41. The molecule has 0 heterocycles. The quantitative estimate of drug-likeness (QED) is 0.379. The highest BCUT2D eigenvalue weighted by Crippen LogP contribution is 1.84. The van der Waals surface area contributed by atoms with E-state index in [1.54, 1.807) is 0 Å². The van der Waals surface area contributed by atoms with Crippen molar-refractivity contribution in [2.24, 2.45) is 40.9 Å². The molecule has 0 spiro atoms. The van der Waals surface area contributed by atoms with Crippen LogP contribution in [-0.2, 0) is 0 Å². The van der Waals surface area contributed by atoms with E-state index >= 15 is 0 Å². The van der Waals surface area contributed by atoms with Crippen LogP contribution in [0.4, 0.5) is 0 Å². The first kappa shape index (κ1) is 76.4. The van der Waals surface area contributed by atoms with Crippen LogP contribution < -0.4 is 0 Å². The summed E-state index contributed by atoms with van der Waals surface area (Å²) in [6, 6.07) is 0. The standard InChI is InChI=1S/C7H16N8.10CH4/c1-3-8-10-5-12-14-7-15-13-6-11-9-4-2;;;;;;;;;;/h3-7H2,1-2H3;10*1H4. The minimum Gasteiger partial charge on any atom is -0.193 e. The lowest BCUT2D eigenvalue weighted by molar-refractivity contribution is 0.766. The van der Waals surface area contributed by atoms with Crippen LogP contribution in [0.1, 0.15) is 88.1 Å². The average molecular weight is 373 g/mol. The molecule has 0 radical (unpaired) electrons. The van der Waals surface area contributed by atoms with Crippen molar-refractivity contribution in [1.29, 1.82) is 0 Å². The number of rotatable bonds is 8. The summed E-state index contributed by atoms with van der Waals surface area (Å²) in [6.07, 6.45) is 0. The highest BCUT2D eigenvalue weighted by Gasteiger charge is 1.76. The molecule has 0 atom stereocenters. The van der Waals surface area contributed by atoms with Gasteiger partial charge in [0.15, 0.2) is 20.0 Å². The summed E-state index contributed by atoms with van der Waals surface area (Å²) in [4.78, 5) is 0. The van der Waals surface area contributed by atoms with E-state index in [9.17, 15) is 0 Å². The zero-order valence-electron chi connectivity index (χ0n) is 9.11. The Morgan fingerprint density at radius 3 is 0.640 bits per heavy atom. The van der Waals surface area contributed by atoms with Crippen molar-refractivity contribution >= 4 is 0 Å². The molecule has 8 nitrogen and oxygen atoms in total. The molecule has 0 amide bonds. The third-order valence-electron chi connectivity index (χ3n) is 1.06. The summed E-state index contributed by atoms with van der Waals surface area (Å²) in [5.74, 6) is 0. The normalized spacial score (nSPS) is 7.76. The molecule has 0 aliphatic carbocycles. The fraction of sp³-hybridized carbons (Fsp3) is 1.00. The minimum atomic E-state index is 0. The van der Waals surface area contributed by atoms with Crippen molar-refractivity contribution in [1.82, 2.24) is 0 Å². The highest BCUT2D eigenvalue weighted by molar-refractivity contribution is 4.35. The lowest BCUT2D eigenvalue weighted by Gasteiger charge is -1.83. The van der Waals surface area contributed by atoms with Crippen LogP contribution >= 0.6 is 0 Å². The fourth-order valence-corrected chi connectivity index (χ4v) is 0.553. The topological polar surface area (TPSA) is 98.9 Å². The molecule has 0 unspecified atom stereocenters. The molecular weight excluding hydrogens is 316 g/mol. The van der Waals surface area contributed by atoms with E-state index in [-0.39, 0.29) is 94.3 Å². The Hall–Kier alpha value is -1.60. The molecule has 0 fully saturated rings. The van der Waals surface area contributed by atoms with Crippen molar-refractivity contribution in [3.05, 3.63) is 0 Å². The van der Waals surface area contributed by atoms with Gasteiger partial charge in [-0.2, -0.15) is 40.9 Å². The molecule has 0 aliphatic heterocycles.